The number of rotatable bonds is 1. The molecule has 0 atom stereocenters. The van der Waals surface area contributed by atoms with Gasteiger partial charge in [0.1, 0.15) is 10.4 Å². The fraction of sp³-hybridized carbons (Fsp3) is 0.500. The molecule has 1 aromatic rings. The van der Waals surface area contributed by atoms with E-state index in [-0.39, 0.29) is 11.7 Å². The van der Waals surface area contributed by atoms with Gasteiger partial charge in [-0.15, -0.1) is 0 Å². The second-order valence-electron chi connectivity index (χ2n) is 3.71. The molecule has 0 N–H and O–H groups in total. The third kappa shape index (κ3) is 2.34. The van der Waals surface area contributed by atoms with Crippen LogP contribution >= 0.6 is 15.9 Å². The van der Waals surface area contributed by atoms with Crippen molar-refractivity contribution >= 4 is 21.7 Å². The van der Waals surface area contributed by atoms with E-state index in [1.165, 1.54) is 0 Å². The van der Waals surface area contributed by atoms with Gasteiger partial charge in [0.15, 0.2) is 0 Å². The highest BCUT2D eigenvalue weighted by Gasteiger charge is 2.20. The van der Waals surface area contributed by atoms with Crippen molar-refractivity contribution in [3.8, 4) is 0 Å². The third-order valence-electron chi connectivity index (χ3n) is 2.70. The molecule has 1 saturated carbocycles. The molecule has 0 aromatic carbocycles. The van der Waals surface area contributed by atoms with E-state index in [1.54, 1.807) is 16.8 Å². The number of aromatic nitrogens is 2. The molecule has 0 saturated heterocycles. The Morgan fingerprint density at radius 2 is 2.00 bits per heavy atom. The summed E-state index contributed by atoms with van der Waals surface area (Å²) in [5.41, 5.74) is -0.247. The highest BCUT2D eigenvalue weighted by Crippen LogP contribution is 2.24. The third-order valence-corrected chi connectivity index (χ3v) is 3.14. The first-order valence-corrected chi connectivity index (χ1v) is 5.72. The molecular weight excluding hydrogens is 260 g/mol. The average molecular weight is 271 g/mol. The van der Waals surface area contributed by atoms with E-state index in [0.29, 0.717) is 23.2 Å². The Bertz CT molecular complexity index is 431. The molecule has 0 spiro atoms. The van der Waals surface area contributed by atoms with Crippen LogP contribution in [0.5, 0.6) is 0 Å². The van der Waals surface area contributed by atoms with Crippen LogP contribution in [0.3, 0.4) is 0 Å². The Morgan fingerprint density at radius 3 is 2.60 bits per heavy atom. The minimum Gasteiger partial charge on any atom is -0.300 e. The maximum Gasteiger partial charge on any atom is 0.348 e. The molecule has 0 bridgehead atoms. The van der Waals surface area contributed by atoms with E-state index in [1.807, 2.05) is 0 Å². The van der Waals surface area contributed by atoms with Crippen molar-refractivity contribution < 1.29 is 4.79 Å². The van der Waals surface area contributed by atoms with Crippen molar-refractivity contribution in [2.45, 2.75) is 31.7 Å². The molecule has 1 aliphatic carbocycles. The summed E-state index contributed by atoms with van der Waals surface area (Å²) < 4.78 is 2.17. The van der Waals surface area contributed by atoms with Gasteiger partial charge in [-0.1, -0.05) is 0 Å². The second-order valence-corrected chi connectivity index (χ2v) is 4.52. The smallest absolute Gasteiger partial charge is 0.300 e. The van der Waals surface area contributed by atoms with Crippen LogP contribution in [0.4, 0.5) is 0 Å². The van der Waals surface area contributed by atoms with Crippen molar-refractivity contribution in [1.29, 1.82) is 0 Å². The zero-order valence-electron chi connectivity index (χ0n) is 8.15. The zero-order chi connectivity index (χ0) is 10.8. The van der Waals surface area contributed by atoms with E-state index in [9.17, 15) is 9.59 Å². The summed E-state index contributed by atoms with van der Waals surface area (Å²) in [6, 6.07) is 1.88. The van der Waals surface area contributed by atoms with Gasteiger partial charge in [-0.2, -0.15) is 4.98 Å². The van der Waals surface area contributed by atoms with E-state index in [0.717, 1.165) is 12.8 Å². The molecule has 0 unspecified atom stereocenters. The highest BCUT2D eigenvalue weighted by atomic mass is 79.9. The van der Waals surface area contributed by atoms with Gasteiger partial charge < -0.3 is 0 Å². The lowest BCUT2D eigenvalue weighted by molar-refractivity contribution is -0.120. The van der Waals surface area contributed by atoms with Crippen LogP contribution in [0.25, 0.3) is 0 Å². The molecule has 1 aromatic heterocycles. The molecule has 1 fully saturated rings. The van der Waals surface area contributed by atoms with Crippen molar-refractivity contribution in [2.75, 3.05) is 0 Å². The van der Waals surface area contributed by atoms with E-state index >= 15 is 0 Å². The van der Waals surface area contributed by atoms with Crippen LogP contribution in [0.15, 0.2) is 21.7 Å². The van der Waals surface area contributed by atoms with Gasteiger partial charge in [-0.25, -0.2) is 4.79 Å². The largest absolute Gasteiger partial charge is 0.348 e. The summed E-state index contributed by atoms with van der Waals surface area (Å²) >= 11 is 3.15. The predicted molar refractivity (Wildman–Crippen MR) is 58.7 cm³/mol. The van der Waals surface area contributed by atoms with Crippen LogP contribution in [0.1, 0.15) is 31.7 Å². The Balaban J connectivity index is 2.23. The summed E-state index contributed by atoms with van der Waals surface area (Å²) in [6.45, 7) is 0. The van der Waals surface area contributed by atoms with Crippen LogP contribution in [0, 0.1) is 0 Å². The number of carbonyl (C=O) groups is 1. The van der Waals surface area contributed by atoms with Crippen molar-refractivity contribution in [1.82, 2.24) is 9.55 Å². The lowest BCUT2D eigenvalue weighted by atomic mass is 9.94. The van der Waals surface area contributed by atoms with Crippen LogP contribution < -0.4 is 5.69 Å². The normalized spacial score (nSPS) is 18.1. The fourth-order valence-corrected chi connectivity index (χ4v) is 2.14. The van der Waals surface area contributed by atoms with Gasteiger partial charge in [-0.05, 0) is 34.8 Å². The Kier molecular flexibility index (Phi) is 3.00. The van der Waals surface area contributed by atoms with Gasteiger partial charge in [0.2, 0.25) is 0 Å². The van der Waals surface area contributed by atoms with Crippen LogP contribution in [-0.4, -0.2) is 15.3 Å². The molecular formula is C10H11BrN2O2. The fourth-order valence-electron chi connectivity index (χ4n) is 1.87. The first kappa shape index (κ1) is 10.5. The van der Waals surface area contributed by atoms with Crippen molar-refractivity contribution in [3.63, 3.8) is 0 Å². The van der Waals surface area contributed by atoms with Crippen LogP contribution in [0.2, 0.25) is 0 Å². The molecule has 5 heteroatoms. The molecule has 4 nitrogen and oxygen atoms in total. The number of Topliss-reactive ketones (excluding diaryl/α,β-unsaturated/α-hetero) is 1. The Labute approximate surface area is 95.5 Å². The van der Waals surface area contributed by atoms with Crippen LogP contribution in [-0.2, 0) is 4.79 Å². The molecule has 1 aliphatic rings. The molecule has 2 rings (SSSR count). The monoisotopic (exact) mass is 270 g/mol. The Morgan fingerprint density at radius 1 is 1.33 bits per heavy atom. The summed E-state index contributed by atoms with van der Waals surface area (Å²) in [5.74, 6) is 0.296. The number of nitrogens with zero attached hydrogens (tertiary/aromatic N) is 2. The number of ketones is 1. The van der Waals surface area contributed by atoms with Crippen molar-refractivity contribution in [3.05, 3.63) is 27.4 Å². The zero-order valence-corrected chi connectivity index (χ0v) is 9.74. The first-order chi connectivity index (χ1) is 7.16. The topological polar surface area (TPSA) is 52.0 Å². The summed E-state index contributed by atoms with van der Waals surface area (Å²) in [7, 11) is 0. The molecule has 15 heavy (non-hydrogen) atoms. The number of carbonyl (C=O) groups excluding carboxylic acids is 1. The minimum atomic E-state index is -0.247. The maximum absolute atomic E-state index is 11.6. The minimum absolute atomic E-state index is 0.135. The standard InChI is InChI=1S/C10H11BrN2O2/c11-9-5-6-13(10(15)12-9)7-1-3-8(14)4-2-7/h5-7H,1-4H2. The van der Waals surface area contributed by atoms with E-state index in [2.05, 4.69) is 20.9 Å². The maximum atomic E-state index is 11.6. The summed E-state index contributed by atoms with van der Waals surface area (Å²) in [6.07, 6.45) is 4.39. The van der Waals surface area contributed by atoms with Gasteiger partial charge in [0, 0.05) is 25.1 Å². The second kappa shape index (κ2) is 4.26. The number of hydrogen-bond donors (Lipinski definition) is 0. The lowest BCUT2D eigenvalue weighted by Gasteiger charge is -2.22. The highest BCUT2D eigenvalue weighted by molar-refractivity contribution is 9.10. The lowest BCUT2D eigenvalue weighted by Crippen LogP contribution is -2.29. The Hall–Kier alpha value is -0.970. The summed E-state index contributed by atoms with van der Waals surface area (Å²) in [5, 5.41) is 0. The molecule has 0 aliphatic heterocycles. The molecule has 0 amide bonds. The predicted octanol–water partition coefficient (Wildman–Crippen LogP) is 1.69. The van der Waals surface area contributed by atoms with E-state index in [4.69, 9.17) is 0 Å². The van der Waals surface area contributed by atoms with E-state index < -0.39 is 0 Å². The molecule has 1 heterocycles. The number of hydrogen-bond acceptors (Lipinski definition) is 3. The average Bonchev–Trinajstić information content (AvgIpc) is 2.20. The first-order valence-electron chi connectivity index (χ1n) is 4.93. The van der Waals surface area contributed by atoms with Gasteiger partial charge in [0.05, 0.1) is 0 Å². The molecule has 0 radical (unpaired) electrons. The quantitative estimate of drug-likeness (QED) is 0.730. The van der Waals surface area contributed by atoms with Gasteiger partial charge >= 0.3 is 5.69 Å². The SMILES string of the molecule is O=C1CCC(n2ccc(Br)nc2=O)CC1. The molecule has 80 valence electrons. The summed E-state index contributed by atoms with van der Waals surface area (Å²) in [4.78, 5) is 26.4. The van der Waals surface area contributed by atoms with Gasteiger partial charge in [0.25, 0.3) is 0 Å². The van der Waals surface area contributed by atoms with Gasteiger partial charge in [-0.3, -0.25) is 9.36 Å². The number of halogens is 1. The van der Waals surface area contributed by atoms with Crippen molar-refractivity contribution in [2.24, 2.45) is 0 Å².